The van der Waals surface area contributed by atoms with Crippen LogP contribution in [0.2, 0.25) is 0 Å². The minimum atomic E-state index is -4.59. The van der Waals surface area contributed by atoms with Gasteiger partial charge in [0.1, 0.15) is 23.9 Å². The fourth-order valence-corrected chi connectivity index (χ4v) is 3.05. The van der Waals surface area contributed by atoms with Gasteiger partial charge in [-0.05, 0) is 30.3 Å². The van der Waals surface area contributed by atoms with E-state index in [1.165, 1.54) is 30.3 Å². The fourth-order valence-electron chi connectivity index (χ4n) is 3.05. The first kappa shape index (κ1) is 16.1. The van der Waals surface area contributed by atoms with Crippen molar-refractivity contribution in [2.45, 2.75) is 11.6 Å². The van der Waals surface area contributed by atoms with Crippen molar-refractivity contribution in [2.75, 3.05) is 19.8 Å². The maximum absolute atomic E-state index is 13.2. The highest BCUT2D eigenvalue weighted by molar-refractivity contribution is 5.75. The summed E-state index contributed by atoms with van der Waals surface area (Å²) in [7, 11) is 0. The van der Waals surface area contributed by atoms with Gasteiger partial charge in [0.05, 0.1) is 29.9 Å². The van der Waals surface area contributed by atoms with Crippen molar-refractivity contribution in [3.05, 3.63) is 54.0 Å². The van der Waals surface area contributed by atoms with Gasteiger partial charge in [-0.3, -0.25) is 0 Å². The topological polar surface area (TPSA) is 31.4 Å². The lowest BCUT2D eigenvalue weighted by atomic mass is 9.80. The van der Waals surface area contributed by atoms with Crippen LogP contribution < -0.4 is 4.74 Å². The standard InChI is InChI=1S/C18H13F4NO2/c1-10(18(20,21)22)14-6-13-16(25-9-17(13)7-24-8-17)15(23-14)11-2-4-12(19)5-3-11/h2-6H,1,7-9H2. The molecule has 1 aromatic heterocycles. The Balaban J connectivity index is 1.91. The van der Waals surface area contributed by atoms with Crippen LogP contribution in [0.5, 0.6) is 5.75 Å². The number of ether oxygens (including phenoxy) is 2. The third-order valence-corrected chi connectivity index (χ3v) is 4.56. The zero-order valence-corrected chi connectivity index (χ0v) is 13.0. The van der Waals surface area contributed by atoms with Gasteiger partial charge >= 0.3 is 6.18 Å². The van der Waals surface area contributed by atoms with E-state index in [0.717, 1.165) is 0 Å². The molecule has 2 aliphatic heterocycles. The molecule has 0 amide bonds. The number of pyridine rings is 1. The van der Waals surface area contributed by atoms with Gasteiger partial charge in [0.15, 0.2) is 0 Å². The monoisotopic (exact) mass is 351 g/mol. The first-order valence-corrected chi connectivity index (χ1v) is 7.59. The van der Waals surface area contributed by atoms with Crippen LogP contribution in [-0.4, -0.2) is 31.0 Å². The summed E-state index contributed by atoms with van der Waals surface area (Å²) in [5.41, 5.74) is -0.376. The molecule has 0 aliphatic carbocycles. The van der Waals surface area contributed by atoms with Crippen molar-refractivity contribution in [1.29, 1.82) is 0 Å². The van der Waals surface area contributed by atoms with E-state index in [9.17, 15) is 17.6 Å². The number of hydrogen-bond donors (Lipinski definition) is 0. The third kappa shape index (κ3) is 2.50. The highest BCUT2D eigenvalue weighted by Crippen LogP contribution is 2.49. The van der Waals surface area contributed by atoms with Crippen molar-refractivity contribution in [3.8, 4) is 17.0 Å². The number of nitrogens with zero attached hydrogens (tertiary/aromatic N) is 1. The van der Waals surface area contributed by atoms with Crippen LogP contribution in [0.15, 0.2) is 36.9 Å². The molecule has 3 heterocycles. The summed E-state index contributed by atoms with van der Waals surface area (Å²) in [5, 5.41) is 0. The zero-order chi connectivity index (χ0) is 17.8. The summed E-state index contributed by atoms with van der Waals surface area (Å²) < 4.78 is 63.5. The second-order valence-electron chi connectivity index (χ2n) is 6.28. The van der Waals surface area contributed by atoms with E-state index in [4.69, 9.17) is 9.47 Å². The Kier molecular flexibility index (Phi) is 3.40. The third-order valence-electron chi connectivity index (χ3n) is 4.56. The highest BCUT2D eigenvalue weighted by atomic mass is 19.4. The lowest BCUT2D eigenvalue weighted by Crippen LogP contribution is -2.48. The van der Waals surface area contributed by atoms with Crippen molar-refractivity contribution < 1.29 is 27.0 Å². The van der Waals surface area contributed by atoms with Crippen molar-refractivity contribution in [3.63, 3.8) is 0 Å². The van der Waals surface area contributed by atoms with Crippen LogP contribution in [-0.2, 0) is 10.2 Å². The first-order chi connectivity index (χ1) is 11.8. The molecular formula is C18H13F4NO2. The molecule has 0 saturated carbocycles. The predicted molar refractivity (Wildman–Crippen MR) is 82.7 cm³/mol. The van der Waals surface area contributed by atoms with E-state index in [1.807, 2.05) is 0 Å². The maximum atomic E-state index is 13.2. The molecule has 1 aromatic carbocycles. The molecule has 25 heavy (non-hydrogen) atoms. The molecule has 0 atom stereocenters. The number of aromatic nitrogens is 1. The molecule has 0 radical (unpaired) electrons. The van der Waals surface area contributed by atoms with Gasteiger partial charge in [0.25, 0.3) is 0 Å². The van der Waals surface area contributed by atoms with E-state index in [-0.39, 0.29) is 11.4 Å². The van der Waals surface area contributed by atoms with Crippen molar-refractivity contribution in [1.82, 2.24) is 4.98 Å². The van der Waals surface area contributed by atoms with E-state index >= 15 is 0 Å². The van der Waals surface area contributed by atoms with E-state index < -0.39 is 23.0 Å². The van der Waals surface area contributed by atoms with Crippen LogP contribution in [0, 0.1) is 5.82 Å². The molecule has 130 valence electrons. The Hall–Kier alpha value is -2.41. The van der Waals surface area contributed by atoms with Crippen LogP contribution >= 0.6 is 0 Å². The van der Waals surface area contributed by atoms with Gasteiger partial charge in [-0.2, -0.15) is 13.2 Å². The fraction of sp³-hybridized carbons (Fsp3) is 0.278. The quantitative estimate of drug-likeness (QED) is 0.763. The van der Waals surface area contributed by atoms with Gasteiger partial charge in [-0.25, -0.2) is 9.37 Å². The summed E-state index contributed by atoms with van der Waals surface area (Å²) in [6, 6.07) is 6.76. The number of alkyl halides is 3. The summed E-state index contributed by atoms with van der Waals surface area (Å²) in [5.74, 6) is -0.0188. The first-order valence-electron chi connectivity index (χ1n) is 7.59. The van der Waals surface area contributed by atoms with E-state index in [1.54, 1.807) is 0 Å². The van der Waals surface area contributed by atoms with E-state index in [2.05, 4.69) is 11.6 Å². The molecule has 3 nitrogen and oxygen atoms in total. The number of hydrogen-bond acceptors (Lipinski definition) is 3. The minimum absolute atomic E-state index is 0.252. The Labute approximate surface area is 140 Å². The van der Waals surface area contributed by atoms with Gasteiger partial charge in [0.2, 0.25) is 0 Å². The minimum Gasteiger partial charge on any atom is -0.490 e. The number of rotatable bonds is 2. The molecule has 1 saturated heterocycles. The second kappa shape index (κ2) is 5.29. The van der Waals surface area contributed by atoms with Crippen molar-refractivity contribution >= 4 is 5.57 Å². The Morgan fingerprint density at radius 1 is 1.12 bits per heavy atom. The van der Waals surface area contributed by atoms with Crippen molar-refractivity contribution in [2.24, 2.45) is 0 Å². The SMILES string of the molecule is C=C(c1cc2c(c(-c3ccc(F)cc3)n1)OCC21COC1)C(F)(F)F. The average Bonchev–Trinajstić information content (AvgIpc) is 2.93. The lowest BCUT2D eigenvalue weighted by molar-refractivity contribution is -0.0691. The Bertz CT molecular complexity index is 855. The van der Waals surface area contributed by atoms with Crippen LogP contribution in [0.4, 0.5) is 17.6 Å². The molecule has 0 N–H and O–H groups in total. The highest BCUT2D eigenvalue weighted by Gasteiger charge is 2.49. The molecule has 4 rings (SSSR count). The largest absolute Gasteiger partial charge is 0.490 e. The Morgan fingerprint density at radius 3 is 2.36 bits per heavy atom. The molecule has 1 spiro atoms. The van der Waals surface area contributed by atoms with E-state index in [0.29, 0.717) is 36.7 Å². The second-order valence-corrected chi connectivity index (χ2v) is 6.28. The summed E-state index contributed by atoms with van der Waals surface area (Å²) in [6.07, 6.45) is -4.59. The van der Waals surface area contributed by atoms with Gasteiger partial charge in [-0.1, -0.05) is 6.58 Å². The molecule has 1 fully saturated rings. The van der Waals surface area contributed by atoms with Crippen LogP contribution in [0.1, 0.15) is 11.3 Å². The Morgan fingerprint density at radius 2 is 1.80 bits per heavy atom. The average molecular weight is 351 g/mol. The number of allylic oxidation sites excluding steroid dienone is 1. The van der Waals surface area contributed by atoms with Gasteiger partial charge in [0, 0.05) is 11.1 Å². The molecule has 0 unspecified atom stereocenters. The van der Waals surface area contributed by atoms with Gasteiger partial charge < -0.3 is 9.47 Å². The summed E-state index contributed by atoms with van der Waals surface area (Å²) in [4.78, 5) is 4.13. The summed E-state index contributed by atoms with van der Waals surface area (Å²) in [6.45, 7) is 4.22. The number of halogens is 4. The molecule has 7 heteroatoms. The molecule has 2 aliphatic rings. The van der Waals surface area contributed by atoms with Gasteiger partial charge in [-0.15, -0.1) is 0 Å². The maximum Gasteiger partial charge on any atom is 0.417 e. The number of fused-ring (bicyclic) bond motifs is 2. The number of benzene rings is 1. The zero-order valence-electron chi connectivity index (χ0n) is 13.0. The summed E-state index contributed by atoms with van der Waals surface area (Å²) >= 11 is 0. The van der Waals surface area contributed by atoms with Crippen LogP contribution in [0.25, 0.3) is 16.8 Å². The lowest BCUT2D eigenvalue weighted by Gasteiger charge is -2.36. The molecule has 0 bridgehead atoms. The van der Waals surface area contributed by atoms with Crippen LogP contribution in [0.3, 0.4) is 0 Å². The molecular weight excluding hydrogens is 338 g/mol. The predicted octanol–water partition coefficient (Wildman–Crippen LogP) is 4.12. The smallest absolute Gasteiger partial charge is 0.417 e. The normalized spacial score (nSPS) is 17.8. The molecule has 2 aromatic rings.